The van der Waals surface area contributed by atoms with Gasteiger partial charge >= 0.3 is 0 Å². The number of nitrogens with zero attached hydrogens (tertiary/aromatic N) is 1. The van der Waals surface area contributed by atoms with E-state index in [2.05, 4.69) is 20.9 Å². The Hall–Kier alpha value is -4.92. The predicted molar refractivity (Wildman–Crippen MR) is 149 cm³/mol. The van der Waals surface area contributed by atoms with Gasteiger partial charge in [-0.3, -0.25) is 19.4 Å². The molecule has 1 fully saturated rings. The van der Waals surface area contributed by atoms with E-state index in [1.54, 1.807) is 48.7 Å². The molecule has 198 valence electrons. The van der Waals surface area contributed by atoms with Crippen molar-refractivity contribution in [3.63, 3.8) is 0 Å². The zero-order valence-electron chi connectivity index (χ0n) is 21.8. The molecule has 0 unspecified atom stereocenters. The summed E-state index contributed by atoms with van der Waals surface area (Å²) in [5.41, 5.74) is 3.38. The average Bonchev–Trinajstić information content (AvgIpc) is 3.72. The highest BCUT2D eigenvalue weighted by Gasteiger charge is 2.56. The molecule has 3 aromatic carbocycles. The standard InChI is InChI=1S/C30H28N4O5/c1-18-12-19(2)14-21(13-18)34-29(37)30(9-10-30)28(36)33-20-4-6-22(7-5-20)39-26-8-11-31-24-16-27(38-3)25(32-17-35)15-23(24)26/h4-8,11-17H,9-10H2,1-3H3,(H,32,35)(H,33,36)(H,34,37). The molecule has 1 aromatic heterocycles. The van der Waals surface area contributed by atoms with Crippen molar-refractivity contribution in [3.8, 4) is 17.2 Å². The second kappa shape index (κ2) is 10.4. The maximum Gasteiger partial charge on any atom is 0.240 e. The summed E-state index contributed by atoms with van der Waals surface area (Å²) in [4.78, 5) is 41.4. The van der Waals surface area contributed by atoms with Gasteiger partial charge in [-0.1, -0.05) is 6.07 Å². The van der Waals surface area contributed by atoms with E-state index in [0.29, 0.717) is 64.5 Å². The lowest BCUT2D eigenvalue weighted by atomic mass is 10.0. The van der Waals surface area contributed by atoms with Crippen LogP contribution in [0.15, 0.2) is 66.9 Å². The Morgan fingerprint density at radius 1 is 0.872 bits per heavy atom. The van der Waals surface area contributed by atoms with E-state index in [4.69, 9.17) is 9.47 Å². The third kappa shape index (κ3) is 5.38. The largest absolute Gasteiger partial charge is 0.494 e. The number of carbonyl (C=O) groups is 3. The van der Waals surface area contributed by atoms with E-state index in [0.717, 1.165) is 11.1 Å². The van der Waals surface area contributed by atoms with Crippen LogP contribution in [-0.2, 0) is 14.4 Å². The number of methoxy groups -OCH3 is 1. The summed E-state index contributed by atoms with van der Waals surface area (Å²) < 4.78 is 11.4. The van der Waals surface area contributed by atoms with Crippen LogP contribution in [0.2, 0.25) is 0 Å². The molecule has 0 aliphatic heterocycles. The lowest BCUT2D eigenvalue weighted by molar-refractivity contribution is -0.131. The fraction of sp³-hybridized carbons (Fsp3) is 0.200. The Balaban J connectivity index is 1.28. The molecule has 0 radical (unpaired) electrons. The zero-order chi connectivity index (χ0) is 27.6. The Morgan fingerprint density at radius 3 is 2.15 bits per heavy atom. The SMILES string of the molecule is COc1cc2nccc(Oc3ccc(NC(=O)C4(C(=O)Nc5cc(C)cc(C)c5)CC4)cc3)c2cc1NC=O. The molecule has 39 heavy (non-hydrogen) atoms. The fourth-order valence-electron chi connectivity index (χ4n) is 4.55. The minimum atomic E-state index is -1.07. The predicted octanol–water partition coefficient (Wildman–Crippen LogP) is 5.58. The van der Waals surface area contributed by atoms with Crippen LogP contribution in [0.1, 0.15) is 24.0 Å². The van der Waals surface area contributed by atoms with Gasteiger partial charge < -0.3 is 25.4 Å². The molecule has 9 heteroatoms. The van der Waals surface area contributed by atoms with Crippen LogP contribution in [0.25, 0.3) is 10.9 Å². The summed E-state index contributed by atoms with van der Waals surface area (Å²) in [5.74, 6) is 0.927. The molecule has 3 amide bonds. The van der Waals surface area contributed by atoms with Crippen molar-refractivity contribution in [2.24, 2.45) is 5.41 Å². The van der Waals surface area contributed by atoms with Gasteiger partial charge in [-0.2, -0.15) is 0 Å². The Labute approximate surface area is 225 Å². The number of anilines is 3. The van der Waals surface area contributed by atoms with E-state index in [1.165, 1.54) is 7.11 Å². The second-order valence-electron chi connectivity index (χ2n) is 9.63. The minimum absolute atomic E-state index is 0.297. The van der Waals surface area contributed by atoms with Gasteiger partial charge in [-0.15, -0.1) is 0 Å². The van der Waals surface area contributed by atoms with E-state index in [-0.39, 0.29) is 11.8 Å². The lowest BCUT2D eigenvalue weighted by Crippen LogP contribution is -2.35. The number of amides is 3. The smallest absolute Gasteiger partial charge is 0.240 e. The number of ether oxygens (including phenoxy) is 2. The van der Waals surface area contributed by atoms with Crippen molar-refractivity contribution < 1.29 is 23.9 Å². The first-order valence-corrected chi connectivity index (χ1v) is 12.5. The third-order valence-electron chi connectivity index (χ3n) is 6.68. The molecule has 5 rings (SSSR count). The molecule has 0 bridgehead atoms. The third-order valence-corrected chi connectivity index (χ3v) is 6.68. The summed E-state index contributed by atoms with van der Waals surface area (Å²) in [5, 5.41) is 9.08. The summed E-state index contributed by atoms with van der Waals surface area (Å²) >= 11 is 0. The van der Waals surface area contributed by atoms with E-state index in [1.807, 2.05) is 32.0 Å². The number of hydrogen-bond acceptors (Lipinski definition) is 6. The number of pyridine rings is 1. The van der Waals surface area contributed by atoms with Gasteiger partial charge in [0, 0.05) is 29.0 Å². The van der Waals surface area contributed by atoms with E-state index >= 15 is 0 Å². The Bertz CT molecular complexity index is 1560. The number of benzene rings is 3. The summed E-state index contributed by atoms with van der Waals surface area (Å²) in [7, 11) is 1.51. The van der Waals surface area contributed by atoms with Gasteiger partial charge in [0.25, 0.3) is 0 Å². The molecule has 1 aliphatic rings. The van der Waals surface area contributed by atoms with E-state index < -0.39 is 5.41 Å². The van der Waals surface area contributed by atoms with Crippen LogP contribution < -0.4 is 25.4 Å². The van der Waals surface area contributed by atoms with Crippen LogP contribution in [0.4, 0.5) is 17.1 Å². The number of aryl methyl sites for hydroxylation is 2. The molecular formula is C30H28N4O5. The molecule has 9 nitrogen and oxygen atoms in total. The van der Waals surface area contributed by atoms with Crippen LogP contribution in [0, 0.1) is 19.3 Å². The molecule has 0 atom stereocenters. The van der Waals surface area contributed by atoms with Gasteiger partial charge in [0.15, 0.2) is 0 Å². The van der Waals surface area contributed by atoms with Crippen LogP contribution in [0.3, 0.4) is 0 Å². The van der Waals surface area contributed by atoms with Crippen LogP contribution >= 0.6 is 0 Å². The Morgan fingerprint density at radius 2 is 1.54 bits per heavy atom. The van der Waals surface area contributed by atoms with Crippen molar-refractivity contribution in [1.82, 2.24) is 4.98 Å². The zero-order valence-corrected chi connectivity index (χ0v) is 21.8. The van der Waals surface area contributed by atoms with Crippen molar-refractivity contribution in [1.29, 1.82) is 0 Å². The highest BCUT2D eigenvalue weighted by molar-refractivity contribution is 6.17. The fourth-order valence-corrected chi connectivity index (χ4v) is 4.55. The molecular weight excluding hydrogens is 496 g/mol. The number of hydrogen-bond donors (Lipinski definition) is 3. The molecule has 1 saturated carbocycles. The van der Waals surface area contributed by atoms with E-state index in [9.17, 15) is 14.4 Å². The minimum Gasteiger partial charge on any atom is -0.494 e. The number of nitrogens with one attached hydrogen (secondary N) is 3. The highest BCUT2D eigenvalue weighted by atomic mass is 16.5. The van der Waals surface area contributed by atoms with Crippen LogP contribution in [0.5, 0.6) is 17.2 Å². The molecule has 0 saturated heterocycles. The maximum absolute atomic E-state index is 13.1. The lowest BCUT2D eigenvalue weighted by Gasteiger charge is -2.16. The second-order valence-corrected chi connectivity index (χ2v) is 9.63. The van der Waals surface area contributed by atoms with Crippen molar-refractivity contribution in [2.75, 3.05) is 23.1 Å². The molecule has 0 spiro atoms. The first-order chi connectivity index (χ1) is 18.8. The molecule has 3 N–H and O–H groups in total. The normalized spacial score (nSPS) is 13.3. The summed E-state index contributed by atoms with van der Waals surface area (Å²) in [6, 6.07) is 17.9. The number of rotatable bonds is 9. The summed E-state index contributed by atoms with van der Waals surface area (Å²) in [6.07, 6.45) is 3.19. The monoisotopic (exact) mass is 524 g/mol. The topological polar surface area (TPSA) is 119 Å². The van der Waals surface area contributed by atoms with Gasteiger partial charge in [-0.25, -0.2) is 0 Å². The van der Waals surface area contributed by atoms with Gasteiger partial charge in [-0.05, 0) is 86.3 Å². The average molecular weight is 525 g/mol. The van der Waals surface area contributed by atoms with Crippen molar-refractivity contribution in [3.05, 3.63) is 78.0 Å². The number of carbonyl (C=O) groups excluding carboxylic acids is 3. The molecule has 1 heterocycles. The highest BCUT2D eigenvalue weighted by Crippen LogP contribution is 2.47. The summed E-state index contributed by atoms with van der Waals surface area (Å²) in [6.45, 7) is 3.93. The first kappa shape index (κ1) is 25.7. The van der Waals surface area contributed by atoms with Gasteiger partial charge in [0.05, 0.1) is 18.3 Å². The van der Waals surface area contributed by atoms with Gasteiger partial charge in [0.1, 0.15) is 22.7 Å². The van der Waals surface area contributed by atoms with Crippen molar-refractivity contribution in [2.45, 2.75) is 26.7 Å². The number of fused-ring (bicyclic) bond motifs is 1. The molecule has 1 aliphatic carbocycles. The number of aromatic nitrogens is 1. The first-order valence-electron chi connectivity index (χ1n) is 12.5. The maximum atomic E-state index is 13.1. The molecule has 4 aromatic rings. The quantitative estimate of drug-likeness (QED) is 0.194. The van der Waals surface area contributed by atoms with Gasteiger partial charge in [0.2, 0.25) is 18.2 Å². The van der Waals surface area contributed by atoms with Crippen LogP contribution in [-0.4, -0.2) is 30.3 Å². The Kier molecular flexibility index (Phi) is 6.89. The van der Waals surface area contributed by atoms with Crippen molar-refractivity contribution >= 4 is 46.2 Å².